The summed E-state index contributed by atoms with van der Waals surface area (Å²) in [6.45, 7) is -0.0545. The molecule has 21 rings (SSSR count). The molecule has 352 valence electrons. The highest BCUT2D eigenvalue weighted by molar-refractivity contribution is 7.26. The number of furan rings is 1. The molecule has 8 bridgehead atoms. The second-order valence-electron chi connectivity index (χ2n) is 25.2. The van der Waals surface area contributed by atoms with Crippen LogP contribution in [-0.4, -0.2) is 11.4 Å². The van der Waals surface area contributed by atoms with Crippen LogP contribution in [0, 0.1) is 35.5 Å². The highest BCUT2D eigenvalue weighted by Crippen LogP contribution is 2.63. The maximum Gasteiger partial charge on any atom is 0.333 e. The maximum absolute atomic E-state index is 6.84. The van der Waals surface area contributed by atoms with Crippen molar-refractivity contribution in [1.82, 2.24) is 4.57 Å². The van der Waals surface area contributed by atoms with Gasteiger partial charge in [-0.1, -0.05) is 91.0 Å². The van der Waals surface area contributed by atoms with Gasteiger partial charge in [-0.25, -0.2) is 0 Å². The molecule has 8 aliphatic carbocycles. The lowest BCUT2D eigenvalue weighted by Gasteiger charge is -2.57. The Bertz CT molecular complexity index is 4180. The Morgan fingerprint density at radius 2 is 1.14 bits per heavy atom. The molecule has 0 saturated heterocycles. The van der Waals surface area contributed by atoms with E-state index < -0.39 is 0 Å². The van der Waals surface area contributed by atoms with Crippen LogP contribution in [0.25, 0.3) is 91.9 Å². The fourth-order valence-electron chi connectivity index (χ4n) is 19.3. The summed E-state index contributed by atoms with van der Waals surface area (Å²) in [5, 5.41) is 8.09. The van der Waals surface area contributed by atoms with Crippen molar-refractivity contribution in [1.29, 1.82) is 0 Å². The number of hydrogen-bond donors (Lipinski definition) is 0. The predicted molar refractivity (Wildman–Crippen MR) is 305 cm³/mol. The summed E-state index contributed by atoms with van der Waals surface area (Å²) in [5.41, 5.74) is 20.5. The molecule has 0 radical (unpaired) electrons. The summed E-state index contributed by atoms with van der Waals surface area (Å²) in [5.74, 6) is 5.31. The average molecular weight is 959 g/mol. The second-order valence-corrected chi connectivity index (χ2v) is 26.3. The first-order chi connectivity index (χ1) is 36.0. The average Bonchev–Trinajstić information content (AvgIpc) is 4.17. The molecule has 3 nitrogen and oxygen atoms in total. The van der Waals surface area contributed by atoms with Gasteiger partial charge in [0.25, 0.3) is 0 Å². The summed E-state index contributed by atoms with van der Waals surface area (Å²) >= 11 is 2.00. The van der Waals surface area contributed by atoms with Crippen molar-refractivity contribution in [3.05, 3.63) is 163 Å². The van der Waals surface area contributed by atoms with Crippen molar-refractivity contribution < 1.29 is 4.42 Å². The number of benzene rings is 8. The standard InChI is InChI=1S/C68H55BN2OS/c1-2-8-44(9-3-1)45-14-17-48(18-15-45)71-57-20-21-59-62(50-11-4-6-12-58(50)72-59)61(57)54-31-53-49-10-5-7-13-60(49)73-66(53)65-63(54)69(71)55-30-47(68-35-41-25-42(36-68)27-43(26-41)37-68)29-52-51-28-46(16-19-56(51)70(65)64(52)55)67-32-38-22-39(33-67)24-40(23-38)34-67/h1-21,28-31,38-43H,22-27,32-37H2. The molecule has 8 fully saturated rings. The van der Waals surface area contributed by atoms with Crippen LogP contribution in [0.3, 0.4) is 0 Å². The third kappa shape index (κ3) is 5.18. The fraction of sp³-hybridized carbons (Fsp3) is 0.294. The molecule has 0 unspecified atom stereocenters. The van der Waals surface area contributed by atoms with Crippen molar-refractivity contribution in [2.75, 3.05) is 4.81 Å². The van der Waals surface area contributed by atoms with Gasteiger partial charge in [0, 0.05) is 54.0 Å². The zero-order valence-electron chi connectivity index (χ0n) is 41.2. The lowest BCUT2D eigenvalue weighted by molar-refractivity contribution is -0.00526. The van der Waals surface area contributed by atoms with Gasteiger partial charge in [0.1, 0.15) is 11.2 Å². The van der Waals surface area contributed by atoms with Crippen LogP contribution >= 0.6 is 11.3 Å². The Morgan fingerprint density at radius 1 is 0.507 bits per heavy atom. The van der Waals surface area contributed by atoms with Gasteiger partial charge in [-0.15, -0.1) is 11.3 Å². The van der Waals surface area contributed by atoms with Crippen LogP contribution < -0.4 is 15.7 Å². The molecule has 8 aromatic carbocycles. The summed E-state index contributed by atoms with van der Waals surface area (Å²) in [6, 6.07) is 59.5. The second kappa shape index (κ2) is 13.8. The van der Waals surface area contributed by atoms with E-state index in [0.717, 1.165) is 46.7 Å². The summed E-state index contributed by atoms with van der Waals surface area (Å²) < 4.78 is 12.4. The smallest absolute Gasteiger partial charge is 0.333 e. The first-order valence-corrected chi connectivity index (χ1v) is 28.8. The minimum Gasteiger partial charge on any atom is -0.456 e. The predicted octanol–water partition coefficient (Wildman–Crippen LogP) is 16.9. The van der Waals surface area contributed by atoms with Gasteiger partial charge >= 0.3 is 6.85 Å². The number of fused-ring (bicyclic) bond motifs is 15. The summed E-state index contributed by atoms with van der Waals surface area (Å²) in [6.07, 6.45) is 17.0. The lowest BCUT2D eigenvalue weighted by atomic mass is 9.42. The first kappa shape index (κ1) is 39.9. The number of aromatic nitrogens is 1. The van der Waals surface area contributed by atoms with Crippen molar-refractivity contribution in [3.63, 3.8) is 0 Å². The van der Waals surface area contributed by atoms with Gasteiger partial charge in [-0.05, 0) is 223 Å². The van der Waals surface area contributed by atoms with Gasteiger partial charge in [0.2, 0.25) is 0 Å². The van der Waals surface area contributed by atoms with Gasteiger partial charge in [0.05, 0.1) is 21.4 Å². The molecule has 11 aromatic rings. The largest absolute Gasteiger partial charge is 0.456 e. The van der Waals surface area contributed by atoms with Crippen molar-refractivity contribution >= 4 is 104 Å². The highest BCUT2D eigenvalue weighted by atomic mass is 32.1. The van der Waals surface area contributed by atoms with Gasteiger partial charge < -0.3 is 13.8 Å². The third-order valence-corrected chi connectivity index (χ3v) is 22.4. The zero-order valence-corrected chi connectivity index (χ0v) is 42.0. The molecular weight excluding hydrogens is 904 g/mol. The highest BCUT2D eigenvalue weighted by Gasteiger charge is 2.54. The molecule has 0 spiro atoms. The monoisotopic (exact) mass is 958 g/mol. The molecule has 73 heavy (non-hydrogen) atoms. The molecule has 0 N–H and O–H groups in total. The first-order valence-electron chi connectivity index (χ1n) is 28.0. The van der Waals surface area contributed by atoms with Gasteiger partial charge in [-0.3, -0.25) is 0 Å². The Labute approximate surface area is 429 Å². The number of para-hydroxylation sites is 1. The van der Waals surface area contributed by atoms with Crippen LogP contribution in [0.15, 0.2) is 156 Å². The van der Waals surface area contributed by atoms with E-state index in [-0.39, 0.29) is 12.3 Å². The number of nitrogens with zero attached hydrogens (tertiary/aromatic N) is 2. The van der Waals surface area contributed by atoms with Crippen LogP contribution in [0.1, 0.15) is 88.2 Å². The molecular formula is C68H55BN2OS. The van der Waals surface area contributed by atoms with E-state index >= 15 is 0 Å². The Hall–Kier alpha value is -6.56. The minimum absolute atomic E-state index is 0.0545. The van der Waals surface area contributed by atoms with Crippen molar-refractivity contribution in [2.24, 2.45) is 35.5 Å². The van der Waals surface area contributed by atoms with E-state index in [0.29, 0.717) is 5.41 Å². The lowest BCUT2D eigenvalue weighted by Crippen LogP contribution is -2.61. The number of anilines is 2. The van der Waals surface area contributed by atoms with E-state index in [9.17, 15) is 0 Å². The summed E-state index contributed by atoms with van der Waals surface area (Å²) in [4.78, 5) is 2.79. The molecule has 2 aliphatic heterocycles. The Kier molecular flexibility index (Phi) is 7.53. The van der Waals surface area contributed by atoms with E-state index in [1.54, 1.807) is 11.1 Å². The van der Waals surface area contributed by atoms with Crippen LogP contribution in [0.5, 0.6) is 0 Å². The van der Waals surface area contributed by atoms with E-state index in [1.165, 1.54) is 180 Å². The maximum atomic E-state index is 6.84. The third-order valence-electron chi connectivity index (χ3n) is 21.2. The topological polar surface area (TPSA) is 21.3 Å². The number of rotatable bonds is 4. The van der Waals surface area contributed by atoms with Crippen molar-refractivity contribution in [2.45, 2.75) is 87.9 Å². The van der Waals surface area contributed by atoms with Gasteiger partial charge in [-0.2, -0.15) is 0 Å². The molecule has 5 heterocycles. The zero-order chi connectivity index (χ0) is 47.1. The Morgan fingerprint density at radius 3 is 1.86 bits per heavy atom. The van der Waals surface area contributed by atoms with Crippen LogP contribution in [0.2, 0.25) is 0 Å². The molecule has 5 heteroatoms. The van der Waals surface area contributed by atoms with E-state index in [4.69, 9.17) is 4.42 Å². The molecule has 0 amide bonds. The number of thiophene rings is 1. The van der Waals surface area contributed by atoms with Crippen molar-refractivity contribution in [3.8, 4) is 27.9 Å². The number of hydrogen-bond acceptors (Lipinski definition) is 3. The van der Waals surface area contributed by atoms with Crippen LogP contribution in [0.4, 0.5) is 11.4 Å². The molecule has 3 aromatic heterocycles. The molecule has 8 saturated carbocycles. The normalized spacial score (nSPS) is 27.9. The molecule has 0 atom stereocenters. The van der Waals surface area contributed by atoms with Crippen LogP contribution in [-0.2, 0) is 10.8 Å². The molecule has 10 aliphatic rings. The van der Waals surface area contributed by atoms with Gasteiger partial charge in [0.15, 0.2) is 0 Å². The Balaban J connectivity index is 0.969. The SMILES string of the molecule is c1ccc(-c2ccc(N3B4c5c(cc6c(sc7ccccc76)c5-n5c6ccc(C78CC9CC(CC(C9)C7)C8)cc6c6cc(C78CC9CC(CC(C9)C7)C8)cc4c65)-c4c3ccc3oc5ccccc5c43)cc2)cc1. The fourth-order valence-corrected chi connectivity index (χ4v) is 20.6. The quantitative estimate of drug-likeness (QED) is 0.164. The minimum atomic E-state index is -0.0545. The van der Waals surface area contributed by atoms with E-state index in [2.05, 4.69) is 161 Å². The van der Waals surface area contributed by atoms with E-state index in [1.807, 2.05) is 11.3 Å². The summed E-state index contributed by atoms with van der Waals surface area (Å²) in [7, 11) is 0.